The summed E-state index contributed by atoms with van der Waals surface area (Å²) in [6.07, 6.45) is 1.95. The average molecular weight is 261 g/mol. The van der Waals surface area contributed by atoms with E-state index < -0.39 is 0 Å². The first kappa shape index (κ1) is 14.3. The van der Waals surface area contributed by atoms with Gasteiger partial charge in [0.1, 0.15) is 5.82 Å². The summed E-state index contributed by atoms with van der Waals surface area (Å²) in [7, 11) is 2.21. The number of piperazine rings is 1. The van der Waals surface area contributed by atoms with Crippen molar-refractivity contribution in [2.45, 2.75) is 52.1 Å². The molecule has 1 saturated heterocycles. The molecule has 106 valence electrons. The minimum atomic E-state index is 0.182. The third-order valence-electron chi connectivity index (χ3n) is 4.30. The Morgan fingerprint density at radius 3 is 2.26 bits per heavy atom. The minimum absolute atomic E-state index is 0.182. The van der Waals surface area contributed by atoms with Crippen molar-refractivity contribution in [2.24, 2.45) is 0 Å². The van der Waals surface area contributed by atoms with Gasteiger partial charge in [0, 0.05) is 31.4 Å². The summed E-state index contributed by atoms with van der Waals surface area (Å²) in [6, 6.07) is 5.53. The van der Waals surface area contributed by atoms with Crippen LogP contribution in [0.15, 0.2) is 18.3 Å². The van der Waals surface area contributed by atoms with E-state index in [0.29, 0.717) is 12.1 Å². The quantitative estimate of drug-likeness (QED) is 0.775. The molecule has 1 aliphatic rings. The van der Waals surface area contributed by atoms with E-state index in [9.17, 15) is 0 Å². The van der Waals surface area contributed by atoms with Crippen LogP contribution in [0.4, 0.5) is 5.82 Å². The molecule has 0 unspecified atom stereocenters. The molecule has 0 aliphatic carbocycles. The zero-order chi connectivity index (χ0) is 14.2. The van der Waals surface area contributed by atoms with Crippen LogP contribution in [0.3, 0.4) is 0 Å². The number of hydrogen-bond donors (Lipinski definition) is 0. The van der Waals surface area contributed by atoms with Crippen molar-refractivity contribution in [3.8, 4) is 0 Å². The molecule has 0 spiro atoms. The lowest BCUT2D eigenvalue weighted by Gasteiger charge is -2.43. The fourth-order valence-corrected chi connectivity index (χ4v) is 2.65. The van der Waals surface area contributed by atoms with E-state index >= 15 is 0 Å². The Hall–Kier alpha value is -1.09. The van der Waals surface area contributed by atoms with Crippen LogP contribution in [0.1, 0.15) is 40.2 Å². The summed E-state index contributed by atoms with van der Waals surface area (Å²) in [5.41, 5.74) is 1.54. The number of nitrogens with zero attached hydrogens (tertiary/aromatic N) is 3. The highest BCUT2D eigenvalue weighted by atomic mass is 15.3. The van der Waals surface area contributed by atoms with Gasteiger partial charge in [-0.05, 0) is 44.0 Å². The van der Waals surface area contributed by atoms with Crippen LogP contribution in [-0.4, -0.2) is 42.1 Å². The van der Waals surface area contributed by atoms with Crippen molar-refractivity contribution in [1.29, 1.82) is 0 Å². The molecule has 3 heteroatoms. The third kappa shape index (κ3) is 3.08. The van der Waals surface area contributed by atoms with Gasteiger partial charge in [0.15, 0.2) is 0 Å². The maximum atomic E-state index is 4.58. The number of likely N-dealkylation sites (N-methyl/N-ethyl adjacent to an activating group) is 1. The van der Waals surface area contributed by atoms with Gasteiger partial charge in [0.2, 0.25) is 0 Å². The topological polar surface area (TPSA) is 19.4 Å². The summed E-state index contributed by atoms with van der Waals surface area (Å²) >= 11 is 0. The summed E-state index contributed by atoms with van der Waals surface area (Å²) < 4.78 is 0. The predicted octanol–water partition coefficient (Wildman–Crippen LogP) is 2.91. The fraction of sp³-hybridized carbons (Fsp3) is 0.688. The molecule has 0 bridgehead atoms. The highest BCUT2D eigenvalue weighted by Crippen LogP contribution is 2.26. The zero-order valence-corrected chi connectivity index (χ0v) is 13.1. The van der Waals surface area contributed by atoms with E-state index in [1.807, 2.05) is 6.20 Å². The Labute approximate surface area is 117 Å². The Morgan fingerprint density at radius 2 is 1.74 bits per heavy atom. The van der Waals surface area contributed by atoms with Gasteiger partial charge < -0.3 is 4.90 Å². The van der Waals surface area contributed by atoms with E-state index in [1.165, 1.54) is 5.56 Å². The first-order valence-corrected chi connectivity index (χ1v) is 7.22. The third-order valence-corrected chi connectivity index (χ3v) is 4.30. The molecule has 1 fully saturated rings. The molecule has 3 nitrogen and oxygen atoms in total. The molecular weight excluding hydrogens is 234 g/mol. The fourth-order valence-electron chi connectivity index (χ4n) is 2.65. The lowest BCUT2D eigenvalue weighted by atomic mass is 9.87. The van der Waals surface area contributed by atoms with E-state index in [-0.39, 0.29) is 5.41 Å². The Morgan fingerprint density at radius 1 is 1.16 bits per heavy atom. The van der Waals surface area contributed by atoms with Crippen LogP contribution in [0.2, 0.25) is 0 Å². The highest BCUT2D eigenvalue weighted by molar-refractivity contribution is 5.43. The van der Waals surface area contributed by atoms with Crippen molar-refractivity contribution >= 4 is 5.82 Å². The average Bonchev–Trinajstić information content (AvgIpc) is 2.34. The molecule has 2 heterocycles. The molecule has 1 aliphatic heterocycles. The lowest BCUT2D eigenvalue weighted by Crippen LogP contribution is -2.55. The maximum absolute atomic E-state index is 4.58. The molecule has 19 heavy (non-hydrogen) atoms. The molecule has 0 amide bonds. The van der Waals surface area contributed by atoms with Gasteiger partial charge in [0.25, 0.3) is 0 Å². The van der Waals surface area contributed by atoms with Crippen LogP contribution >= 0.6 is 0 Å². The molecule has 1 aromatic rings. The van der Waals surface area contributed by atoms with E-state index in [1.54, 1.807) is 0 Å². The maximum Gasteiger partial charge on any atom is 0.128 e. The van der Waals surface area contributed by atoms with Gasteiger partial charge in [0.05, 0.1) is 0 Å². The SMILES string of the molecule is C[C@@H]1CN(c2cc(C(C)(C)C)ccn2)C[C@H](C)N1C. The Balaban J connectivity index is 2.23. The first-order valence-electron chi connectivity index (χ1n) is 7.22. The summed E-state index contributed by atoms with van der Waals surface area (Å²) in [4.78, 5) is 9.45. The predicted molar refractivity (Wildman–Crippen MR) is 81.8 cm³/mol. The van der Waals surface area contributed by atoms with Gasteiger partial charge in [-0.3, -0.25) is 4.90 Å². The molecule has 0 N–H and O–H groups in total. The van der Waals surface area contributed by atoms with E-state index in [2.05, 4.69) is 68.6 Å². The Bertz CT molecular complexity index is 424. The Kier molecular flexibility index (Phi) is 3.86. The number of anilines is 1. The molecule has 2 rings (SSSR count). The summed E-state index contributed by atoms with van der Waals surface area (Å²) in [5, 5.41) is 0. The van der Waals surface area contributed by atoms with Crippen LogP contribution < -0.4 is 4.90 Å². The molecular formula is C16H27N3. The standard InChI is InChI=1S/C16H27N3/c1-12-10-19(11-13(2)18(12)6)15-9-14(7-8-17-15)16(3,4)5/h7-9,12-13H,10-11H2,1-6H3/t12-,13+. The largest absolute Gasteiger partial charge is 0.353 e. The van der Waals surface area contributed by atoms with Crippen molar-refractivity contribution in [2.75, 3.05) is 25.0 Å². The second-order valence-corrected chi connectivity index (χ2v) is 6.92. The summed E-state index contributed by atoms with van der Waals surface area (Å²) in [5.74, 6) is 1.12. The van der Waals surface area contributed by atoms with E-state index in [4.69, 9.17) is 0 Å². The van der Waals surface area contributed by atoms with Gasteiger partial charge in [-0.2, -0.15) is 0 Å². The molecule has 0 radical (unpaired) electrons. The van der Waals surface area contributed by atoms with Gasteiger partial charge in [-0.15, -0.1) is 0 Å². The monoisotopic (exact) mass is 261 g/mol. The van der Waals surface area contributed by atoms with Crippen LogP contribution in [-0.2, 0) is 5.41 Å². The van der Waals surface area contributed by atoms with Crippen LogP contribution in [0.25, 0.3) is 0 Å². The molecule has 0 saturated carbocycles. The highest BCUT2D eigenvalue weighted by Gasteiger charge is 2.27. The second kappa shape index (κ2) is 5.12. The van der Waals surface area contributed by atoms with Crippen LogP contribution in [0.5, 0.6) is 0 Å². The van der Waals surface area contributed by atoms with Gasteiger partial charge in [-0.25, -0.2) is 4.98 Å². The van der Waals surface area contributed by atoms with Gasteiger partial charge in [-0.1, -0.05) is 20.8 Å². The molecule has 1 aromatic heterocycles. The minimum Gasteiger partial charge on any atom is -0.353 e. The van der Waals surface area contributed by atoms with Crippen molar-refractivity contribution in [3.05, 3.63) is 23.9 Å². The number of hydrogen-bond acceptors (Lipinski definition) is 3. The zero-order valence-electron chi connectivity index (χ0n) is 13.1. The number of aromatic nitrogens is 1. The van der Waals surface area contributed by atoms with Gasteiger partial charge >= 0.3 is 0 Å². The first-order chi connectivity index (χ1) is 8.79. The van der Waals surface area contributed by atoms with E-state index in [0.717, 1.165) is 18.9 Å². The summed E-state index contributed by atoms with van der Waals surface area (Å²) in [6.45, 7) is 13.4. The number of pyridine rings is 1. The molecule has 0 aromatic carbocycles. The lowest BCUT2D eigenvalue weighted by molar-refractivity contribution is 0.169. The molecule has 2 atom stereocenters. The van der Waals surface area contributed by atoms with Crippen LogP contribution in [0, 0.1) is 0 Å². The van der Waals surface area contributed by atoms with Crippen molar-refractivity contribution < 1.29 is 0 Å². The normalized spacial score (nSPS) is 25.7. The second-order valence-electron chi connectivity index (χ2n) is 6.92. The smallest absolute Gasteiger partial charge is 0.128 e. The number of rotatable bonds is 1. The van der Waals surface area contributed by atoms with Crippen molar-refractivity contribution in [3.63, 3.8) is 0 Å². The van der Waals surface area contributed by atoms with Crippen molar-refractivity contribution in [1.82, 2.24) is 9.88 Å².